The Morgan fingerprint density at radius 2 is 2.00 bits per heavy atom. The Morgan fingerprint density at radius 3 is 2.56 bits per heavy atom. The molecule has 100 valence electrons. The van der Waals surface area contributed by atoms with Gasteiger partial charge in [-0.05, 0) is 37.5 Å². The van der Waals surface area contributed by atoms with Crippen molar-refractivity contribution < 1.29 is 9.90 Å². The van der Waals surface area contributed by atoms with E-state index in [4.69, 9.17) is 16.7 Å². The topological polar surface area (TPSA) is 40.5 Å². The Balaban J connectivity index is 2.32. The van der Waals surface area contributed by atoms with Crippen LogP contribution in [0.1, 0.15) is 25.3 Å². The van der Waals surface area contributed by atoms with E-state index >= 15 is 0 Å². The van der Waals surface area contributed by atoms with Gasteiger partial charge < -0.3 is 10.0 Å². The quantitative estimate of drug-likeness (QED) is 0.826. The van der Waals surface area contributed by atoms with Crippen LogP contribution in [0.15, 0.2) is 24.3 Å². The molecule has 0 saturated carbocycles. The Hall–Kier alpha value is -1.06. The van der Waals surface area contributed by atoms with E-state index in [-0.39, 0.29) is 12.5 Å². The largest absolute Gasteiger partial charge is 0.395 e. The summed E-state index contributed by atoms with van der Waals surface area (Å²) in [7, 11) is 0. The van der Waals surface area contributed by atoms with Gasteiger partial charge in [-0.2, -0.15) is 0 Å². The minimum Gasteiger partial charge on any atom is -0.395 e. The number of likely N-dealkylation sites (N-methyl/N-ethyl adjacent to an activating group) is 1. The molecule has 0 atom stereocenters. The standard InChI is InChI=1S/C14H20ClNO2/c1-2-16(10-11-17)14(18)5-3-4-12-6-8-13(15)9-7-12/h6-9,17H,2-5,10-11H2,1H3. The third kappa shape index (κ3) is 5.07. The number of aliphatic hydroxyl groups excluding tert-OH is 1. The van der Waals surface area contributed by atoms with Crippen LogP contribution in [0.4, 0.5) is 0 Å². The average molecular weight is 270 g/mol. The lowest BCUT2D eigenvalue weighted by Gasteiger charge is -2.19. The lowest BCUT2D eigenvalue weighted by atomic mass is 10.1. The van der Waals surface area contributed by atoms with Gasteiger partial charge in [-0.15, -0.1) is 0 Å². The summed E-state index contributed by atoms with van der Waals surface area (Å²) in [6, 6.07) is 7.70. The summed E-state index contributed by atoms with van der Waals surface area (Å²) in [4.78, 5) is 13.5. The number of carbonyl (C=O) groups is 1. The van der Waals surface area contributed by atoms with Crippen LogP contribution in [-0.2, 0) is 11.2 Å². The molecule has 0 unspecified atom stereocenters. The Kier molecular flexibility index (Phi) is 6.76. The molecule has 0 spiro atoms. The number of benzene rings is 1. The van der Waals surface area contributed by atoms with E-state index in [9.17, 15) is 4.79 Å². The van der Waals surface area contributed by atoms with Crippen LogP contribution in [0, 0.1) is 0 Å². The number of aryl methyl sites for hydroxylation is 1. The Morgan fingerprint density at radius 1 is 1.33 bits per heavy atom. The van der Waals surface area contributed by atoms with E-state index in [1.54, 1.807) is 4.90 Å². The van der Waals surface area contributed by atoms with Gasteiger partial charge in [0.05, 0.1) is 6.61 Å². The summed E-state index contributed by atoms with van der Waals surface area (Å²) >= 11 is 5.81. The molecule has 0 fully saturated rings. The van der Waals surface area contributed by atoms with Crippen molar-refractivity contribution in [2.75, 3.05) is 19.7 Å². The highest BCUT2D eigenvalue weighted by Gasteiger charge is 2.10. The van der Waals surface area contributed by atoms with E-state index in [0.717, 1.165) is 17.9 Å². The van der Waals surface area contributed by atoms with Crippen LogP contribution in [0.2, 0.25) is 5.02 Å². The molecule has 0 radical (unpaired) electrons. The van der Waals surface area contributed by atoms with Crippen LogP contribution < -0.4 is 0 Å². The molecule has 0 heterocycles. The highest BCUT2D eigenvalue weighted by molar-refractivity contribution is 6.30. The first-order valence-electron chi connectivity index (χ1n) is 6.30. The van der Waals surface area contributed by atoms with Crippen molar-refractivity contribution >= 4 is 17.5 Å². The van der Waals surface area contributed by atoms with Crippen molar-refractivity contribution in [2.45, 2.75) is 26.2 Å². The predicted octanol–water partition coefficient (Wildman–Crippen LogP) is 2.50. The maximum atomic E-state index is 11.8. The predicted molar refractivity (Wildman–Crippen MR) is 73.7 cm³/mol. The van der Waals surface area contributed by atoms with Crippen LogP contribution in [0.25, 0.3) is 0 Å². The minimum absolute atomic E-state index is 0.0246. The Bertz CT molecular complexity index is 365. The third-order valence-electron chi connectivity index (χ3n) is 2.87. The zero-order valence-electron chi connectivity index (χ0n) is 10.7. The number of amides is 1. The molecule has 1 aromatic carbocycles. The first-order chi connectivity index (χ1) is 8.67. The second kappa shape index (κ2) is 8.11. The van der Waals surface area contributed by atoms with Gasteiger partial charge in [0, 0.05) is 24.5 Å². The summed E-state index contributed by atoms with van der Waals surface area (Å²) in [5.74, 6) is 0.112. The fraction of sp³-hybridized carbons (Fsp3) is 0.500. The molecule has 0 bridgehead atoms. The molecule has 1 amide bonds. The second-order valence-corrected chi connectivity index (χ2v) is 4.61. The number of nitrogens with zero attached hydrogens (tertiary/aromatic N) is 1. The normalized spacial score (nSPS) is 10.4. The van der Waals surface area contributed by atoms with E-state index in [0.29, 0.717) is 19.5 Å². The summed E-state index contributed by atoms with van der Waals surface area (Å²) < 4.78 is 0. The minimum atomic E-state index is 0.0246. The highest BCUT2D eigenvalue weighted by atomic mass is 35.5. The lowest BCUT2D eigenvalue weighted by Crippen LogP contribution is -2.33. The van der Waals surface area contributed by atoms with Gasteiger partial charge in [-0.3, -0.25) is 4.79 Å². The molecule has 4 heteroatoms. The number of aliphatic hydroxyl groups is 1. The van der Waals surface area contributed by atoms with E-state index in [1.807, 2.05) is 31.2 Å². The molecule has 1 aromatic rings. The number of hydrogen-bond acceptors (Lipinski definition) is 2. The number of carbonyl (C=O) groups excluding carboxylic acids is 1. The smallest absolute Gasteiger partial charge is 0.222 e. The third-order valence-corrected chi connectivity index (χ3v) is 3.13. The fourth-order valence-corrected chi connectivity index (χ4v) is 1.96. The summed E-state index contributed by atoms with van der Waals surface area (Å²) in [5, 5.41) is 9.57. The van der Waals surface area contributed by atoms with Gasteiger partial charge in [-0.25, -0.2) is 0 Å². The first-order valence-corrected chi connectivity index (χ1v) is 6.68. The summed E-state index contributed by atoms with van der Waals surface area (Å²) in [6.07, 6.45) is 2.22. The number of rotatable bonds is 7. The van der Waals surface area contributed by atoms with E-state index < -0.39 is 0 Å². The fourth-order valence-electron chi connectivity index (χ4n) is 1.83. The molecular weight excluding hydrogens is 250 g/mol. The SMILES string of the molecule is CCN(CCO)C(=O)CCCc1ccc(Cl)cc1. The van der Waals surface area contributed by atoms with Gasteiger partial charge >= 0.3 is 0 Å². The zero-order valence-corrected chi connectivity index (χ0v) is 11.5. The molecule has 3 nitrogen and oxygen atoms in total. The Labute approximate surface area is 113 Å². The van der Waals surface area contributed by atoms with Crippen LogP contribution in [-0.4, -0.2) is 35.6 Å². The lowest BCUT2D eigenvalue weighted by molar-refractivity contribution is -0.131. The maximum Gasteiger partial charge on any atom is 0.222 e. The molecule has 0 saturated heterocycles. The average Bonchev–Trinajstić information content (AvgIpc) is 2.38. The van der Waals surface area contributed by atoms with Gasteiger partial charge in [0.15, 0.2) is 0 Å². The van der Waals surface area contributed by atoms with Crippen molar-refractivity contribution in [1.82, 2.24) is 4.90 Å². The second-order valence-electron chi connectivity index (χ2n) is 4.18. The zero-order chi connectivity index (χ0) is 13.4. The molecule has 0 aliphatic carbocycles. The number of halogens is 1. The maximum absolute atomic E-state index is 11.8. The summed E-state index contributed by atoms with van der Waals surface area (Å²) in [5.41, 5.74) is 1.19. The summed E-state index contributed by atoms with van der Waals surface area (Å²) in [6.45, 7) is 3.03. The van der Waals surface area contributed by atoms with Crippen LogP contribution in [0.3, 0.4) is 0 Å². The first kappa shape index (κ1) is 15.0. The molecule has 0 aromatic heterocycles. The molecule has 18 heavy (non-hydrogen) atoms. The monoisotopic (exact) mass is 269 g/mol. The van der Waals surface area contributed by atoms with Crippen molar-refractivity contribution in [3.8, 4) is 0 Å². The van der Waals surface area contributed by atoms with Crippen molar-refractivity contribution in [3.63, 3.8) is 0 Å². The van der Waals surface area contributed by atoms with Gasteiger partial charge in [0.2, 0.25) is 5.91 Å². The van der Waals surface area contributed by atoms with Gasteiger partial charge in [0.25, 0.3) is 0 Å². The van der Waals surface area contributed by atoms with Crippen molar-refractivity contribution in [2.24, 2.45) is 0 Å². The van der Waals surface area contributed by atoms with Crippen molar-refractivity contribution in [3.05, 3.63) is 34.9 Å². The van der Waals surface area contributed by atoms with Crippen LogP contribution >= 0.6 is 11.6 Å². The molecular formula is C14H20ClNO2. The number of hydrogen-bond donors (Lipinski definition) is 1. The van der Waals surface area contributed by atoms with Gasteiger partial charge in [-0.1, -0.05) is 23.7 Å². The van der Waals surface area contributed by atoms with E-state index in [2.05, 4.69) is 0 Å². The van der Waals surface area contributed by atoms with Gasteiger partial charge in [0.1, 0.15) is 0 Å². The van der Waals surface area contributed by atoms with Crippen LogP contribution in [0.5, 0.6) is 0 Å². The molecule has 1 rings (SSSR count). The highest BCUT2D eigenvalue weighted by Crippen LogP contribution is 2.12. The van der Waals surface area contributed by atoms with E-state index in [1.165, 1.54) is 5.56 Å². The molecule has 0 aliphatic heterocycles. The molecule has 0 aliphatic rings. The van der Waals surface area contributed by atoms with Crippen molar-refractivity contribution in [1.29, 1.82) is 0 Å². The molecule has 1 N–H and O–H groups in total.